The third-order valence-electron chi connectivity index (χ3n) is 5.77. The zero-order chi connectivity index (χ0) is 19.0. The minimum atomic E-state index is -3.69. The van der Waals surface area contributed by atoms with Crippen LogP contribution in [-0.2, 0) is 14.8 Å². The smallest absolute Gasteiger partial charge is 0.244 e. The Kier molecular flexibility index (Phi) is 4.78. The standard InChI is InChI=1S/C21H24N2O3S/c1-15(16-8-4-2-5-9-16)22-21(24)20-17-12-13-18(14-17)23(20)27(25,26)19-10-6-3-7-11-19/h2-11,15,17-18,20H,12-14H2,1H3,(H,22,24)/t15-,17+,18+,20+/m1/s1. The quantitative estimate of drug-likeness (QED) is 0.861. The van der Waals surface area contributed by atoms with Gasteiger partial charge in [0.1, 0.15) is 6.04 Å². The normalized spacial score (nSPS) is 26.0. The van der Waals surface area contributed by atoms with Gasteiger partial charge in [-0.05, 0) is 49.8 Å². The number of rotatable bonds is 5. The lowest BCUT2D eigenvalue weighted by Gasteiger charge is -2.34. The summed E-state index contributed by atoms with van der Waals surface area (Å²) in [5.41, 5.74) is 1.01. The lowest BCUT2D eigenvalue weighted by molar-refractivity contribution is -0.126. The Labute approximate surface area is 160 Å². The molecule has 1 heterocycles. The van der Waals surface area contributed by atoms with Crippen LogP contribution in [0, 0.1) is 5.92 Å². The number of nitrogens with zero attached hydrogens (tertiary/aromatic N) is 1. The molecule has 1 saturated heterocycles. The summed E-state index contributed by atoms with van der Waals surface area (Å²) in [5.74, 6) is -0.102. The van der Waals surface area contributed by atoms with E-state index < -0.39 is 16.1 Å². The molecule has 0 spiro atoms. The molecule has 0 radical (unpaired) electrons. The van der Waals surface area contributed by atoms with E-state index in [0.29, 0.717) is 0 Å². The zero-order valence-electron chi connectivity index (χ0n) is 15.3. The predicted octanol–water partition coefficient (Wildman–Crippen LogP) is 3.11. The Morgan fingerprint density at radius 2 is 1.67 bits per heavy atom. The molecule has 27 heavy (non-hydrogen) atoms. The molecule has 1 N–H and O–H groups in total. The Balaban J connectivity index is 1.60. The monoisotopic (exact) mass is 384 g/mol. The summed E-state index contributed by atoms with van der Waals surface area (Å²) >= 11 is 0. The molecule has 5 nitrogen and oxygen atoms in total. The van der Waals surface area contributed by atoms with Crippen molar-refractivity contribution in [3.05, 3.63) is 66.2 Å². The molecule has 2 bridgehead atoms. The van der Waals surface area contributed by atoms with Gasteiger partial charge in [0.2, 0.25) is 15.9 Å². The third-order valence-corrected chi connectivity index (χ3v) is 7.72. The molecule has 1 saturated carbocycles. The maximum absolute atomic E-state index is 13.2. The maximum atomic E-state index is 13.2. The van der Waals surface area contributed by atoms with E-state index in [0.717, 1.165) is 24.8 Å². The van der Waals surface area contributed by atoms with Crippen molar-refractivity contribution in [1.29, 1.82) is 0 Å². The van der Waals surface area contributed by atoms with E-state index in [1.165, 1.54) is 4.31 Å². The van der Waals surface area contributed by atoms with Crippen LogP contribution in [0.2, 0.25) is 0 Å². The predicted molar refractivity (Wildman–Crippen MR) is 103 cm³/mol. The van der Waals surface area contributed by atoms with Gasteiger partial charge < -0.3 is 5.32 Å². The molecular weight excluding hydrogens is 360 g/mol. The summed E-state index contributed by atoms with van der Waals surface area (Å²) in [6, 6.07) is 17.3. The maximum Gasteiger partial charge on any atom is 0.244 e. The first-order chi connectivity index (χ1) is 13.0. The molecule has 142 valence electrons. The fourth-order valence-electron chi connectivity index (χ4n) is 4.46. The minimum absolute atomic E-state index is 0.0806. The van der Waals surface area contributed by atoms with E-state index in [2.05, 4.69) is 5.32 Å². The van der Waals surface area contributed by atoms with Gasteiger partial charge in [-0.1, -0.05) is 48.5 Å². The second-order valence-corrected chi connectivity index (χ2v) is 9.30. The molecule has 1 aliphatic carbocycles. The Morgan fingerprint density at radius 1 is 1.04 bits per heavy atom. The molecule has 2 aromatic carbocycles. The summed E-state index contributed by atoms with van der Waals surface area (Å²) in [7, 11) is -3.69. The molecule has 4 atom stereocenters. The van der Waals surface area contributed by atoms with E-state index >= 15 is 0 Å². The van der Waals surface area contributed by atoms with Crippen LogP contribution in [0.4, 0.5) is 0 Å². The summed E-state index contributed by atoms with van der Waals surface area (Å²) in [6.45, 7) is 1.93. The van der Waals surface area contributed by atoms with Crippen LogP contribution in [0.25, 0.3) is 0 Å². The van der Waals surface area contributed by atoms with Gasteiger partial charge >= 0.3 is 0 Å². The number of sulfonamides is 1. The van der Waals surface area contributed by atoms with E-state index in [9.17, 15) is 13.2 Å². The van der Waals surface area contributed by atoms with Crippen LogP contribution in [-0.4, -0.2) is 30.7 Å². The van der Waals surface area contributed by atoms with Crippen molar-refractivity contribution < 1.29 is 13.2 Å². The number of benzene rings is 2. The van der Waals surface area contributed by atoms with E-state index in [-0.39, 0.29) is 28.8 Å². The van der Waals surface area contributed by atoms with Gasteiger partial charge in [-0.15, -0.1) is 0 Å². The Hall–Kier alpha value is -2.18. The SMILES string of the molecule is C[C@@H](NC(=O)[C@@H]1[C@H]2CC[C@@H](C2)N1S(=O)(=O)c1ccccc1)c1ccccc1. The molecule has 2 fully saturated rings. The number of amides is 1. The number of piperidine rings is 1. The highest BCUT2D eigenvalue weighted by Crippen LogP contribution is 2.45. The number of nitrogens with one attached hydrogen (secondary N) is 1. The minimum Gasteiger partial charge on any atom is -0.348 e. The molecule has 1 aliphatic heterocycles. The first kappa shape index (κ1) is 18.2. The highest BCUT2D eigenvalue weighted by Gasteiger charge is 2.54. The molecule has 2 aliphatic rings. The second kappa shape index (κ2) is 7.09. The fourth-order valence-corrected chi connectivity index (χ4v) is 6.35. The number of carbonyl (C=O) groups is 1. The van der Waals surface area contributed by atoms with E-state index in [4.69, 9.17) is 0 Å². The average Bonchev–Trinajstić information content (AvgIpc) is 3.31. The molecule has 6 heteroatoms. The van der Waals surface area contributed by atoms with Crippen LogP contribution >= 0.6 is 0 Å². The van der Waals surface area contributed by atoms with Crippen molar-refractivity contribution in [1.82, 2.24) is 9.62 Å². The van der Waals surface area contributed by atoms with Crippen molar-refractivity contribution >= 4 is 15.9 Å². The highest BCUT2D eigenvalue weighted by atomic mass is 32.2. The molecular formula is C21H24N2O3S. The Bertz CT molecular complexity index is 915. The first-order valence-electron chi connectivity index (χ1n) is 9.42. The van der Waals surface area contributed by atoms with Gasteiger partial charge in [-0.25, -0.2) is 8.42 Å². The van der Waals surface area contributed by atoms with Crippen molar-refractivity contribution in [2.75, 3.05) is 0 Å². The van der Waals surface area contributed by atoms with Crippen LogP contribution < -0.4 is 5.32 Å². The molecule has 2 aromatic rings. The van der Waals surface area contributed by atoms with Crippen molar-refractivity contribution in [2.45, 2.75) is 49.2 Å². The number of fused-ring (bicyclic) bond motifs is 2. The van der Waals surface area contributed by atoms with Crippen molar-refractivity contribution in [3.8, 4) is 0 Å². The van der Waals surface area contributed by atoms with Crippen molar-refractivity contribution in [2.24, 2.45) is 5.92 Å². The summed E-state index contributed by atoms with van der Waals surface area (Å²) in [5, 5.41) is 3.03. The Morgan fingerprint density at radius 3 is 2.33 bits per heavy atom. The molecule has 4 rings (SSSR count). The fraction of sp³-hybridized carbons (Fsp3) is 0.381. The largest absolute Gasteiger partial charge is 0.348 e. The second-order valence-electron chi connectivity index (χ2n) is 7.46. The summed E-state index contributed by atoms with van der Waals surface area (Å²) < 4.78 is 28.0. The summed E-state index contributed by atoms with van der Waals surface area (Å²) in [6.07, 6.45) is 2.50. The average molecular weight is 385 g/mol. The zero-order valence-corrected chi connectivity index (χ0v) is 16.1. The number of carbonyl (C=O) groups excluding carboxylic acids is 1. The molecule has 0 aromatic heterocycles. The summed E-state index contributed by atoms with van der Waals surface area (Å²) in [4.78, 5) is 13.3. The van der Waals surface area contributed by atoms with Crippen LogP contribution in [0.1, 0.15) is 37.8 Å². The first-order valence-corrected chi connectivity index (χ1v) is 10.9. The van der Waals surface area contributed by atoms with Gasteiger partial charge in [0.15, 0.2) is 0 Å². The number of hydrogen-bond acceptors (Lipinski definition) is 3. The lowest BCUT2D eigenvalue weighted by Crippen LogP contribution is -2.52. The number of hydrogen-bond donors (Lipinski definition) is 1. The highest BCUT2D eigenvalue weighted by molar-refractivity contribution is 7.89. The van der Waals surface area contributed by atoms with Gasteiger partial charge in [0.05, 0.1) is 10.9 Å². The van der Waals surface area contributed by atoms with Gasteiger partial charge in [-0.2, -0.15) is 4.31 Å². The van der Waals surface area contributed by atoms with Crippen molar-refractivity contribution in [3.63, 3.8) is 0 Å². The van der Waals surface area contributed by atoms with Gasteiger partial charge in [0.25, 0.3) is 0 Å². The van der Waals surface area contributed by atoms with Crippen LogP contribution in [0.15, 0.2) is 65.6 Å². The van der Waals surface area contributed by atoms with Crippen LogP contribution in [0.3, 0.4) is 0 Å². The topological polar surface area (TPSA) is 66.5 Å². The third kappa shape index (κ3) is 3.28. The molecule has 1 amide bonds. The van der Waals surface area contributed by atoms with E-state index in [1.54, 1.807) is 30.3 Å². The van der Waals surface area contributed by atoms with E-state index in [1.807, 2.05) is 37.3 Å². The van der Waals surface area contributed by atoms with Gasteiger partial charge in [-0.3, -0.25) is 4.79 Å². The molecule has 0 unspecified atom stereocenters. The lowest BCUT2D eigenvalue weighted by atomic mass is 9.98. The van der Waals surface area contributed by atoms with Gasteiger partial charge in [0, 0.05) is 6.04 Å². The van der Waals surface area contributed by atoms with Crippen LogP contribution in [0.5, 0.6) is 0 Å².